The normalized spacial score (nSPS) is 23.7. The molecule has 6 nitrogen and oxygen atoms in total. The molecule has 0 bridgehead atoms. The maximum atomic E-state index is 12.3. The molecule has 0 radical (unpaired) electrons. The smallest absolute Gasteiger partial charge is 0.228 e. The fourth-order valence-electron chi connectivity index (χ4n) is 2.91. The monoisotopic (exact) mass is 293 g/mol. The van der Waals surface area contributed by atoms with Crippen LogP contribution in [0.25, 0.3) is 0 Å². The highest BCUT2D eigenvalue weighted by Crippen LogP contribution is 2.18. The van der Waals surface area contributed by atoms with E-state index >= 15 is 0 Å². The quantitative estimate of drug-likeness (QED) is 0.831. The molecule has 0 aromatic carbocycles. The number of piperazine rings is 1. The van der Waals surface area contributed by atoms with E-state index in [2.05, 4.69) is 9.88 Å². The van der Waals surface area contributed by atoms with Crippen molar-refractivity contribution >= 4 is 5.91 Å². The summed E-state index contributed by atoms with van der Waals surface area (Å²) in [5.41, 5.74) is 0.958. The Labute approximate surface area is 125 Å². The molecule has 21 heavy (non-hydrogen) atoms. The van der Waals surface area contributed by atoms with Gasteiger partial charge in [0.25, 0.3) is 0 Å². The Kier molecular flexibility index (Phi) is 4.26. The highest BCUT2D eigenvalue weighted by Gasteiger charge is 2.30. The van der Waals surface area contributed by atoms with Gasteiger partial charge in [0.1, 0.15) is 5.76 Å². The molecule has 0 aliphatic carbocycles. The average molecular weight is 293 g/mol. The van der Waals surface area contributed by atoms with Crippen molar-refractivity contribution in [1.82, 2.24) is 14.8 Å². The van der Waals surface area contributed by atoms with Crippen LogP contribution < -0.4 is 0 Å². The molecule has 0 saturated carbocycles. The van der Waals surface area contributed by atoms with Gasteiger partial charge < -0.3 is 14.1 Å². The van der Waals surface area contributed by atoms with E-state index in [1.54, 1.807) is 0 Å². The number of carbonyl (C=O) groups excluding carboxylic acids is 1. The van der Waals surface area contributed by atoms with E-state index in [4.69, 9.17) is 9.15 Å². The van der Waals surface area contributed by atoms with Crippen molar-refractivity contribution in [3.8, 4) is 0 Å². The van der Waals surface area contributed by atoms with Crippen molar-refractivity contribution < 1.29 is 13.9 Å². The third kappa shape index (κ3) is 3.27. The predicted molar refractivity (Wildman–Crippen MR) is 76.8 cm³/mol. The van der Waals surface area contributed by atoms with Gasteiger partial charge in [-0.1, -0.05) is 0 Å². The summed E-state index contributed by atoms with van der Waals surface area (Å²) < 4.78 is 10.9. The lowest BCUT2D eigenvalue weighted by atomic mass is 10.1. The van der Waals surface area contributed by atoms with Crippen molar-refractivity contribution in [2.24, 2.45) is 5.92 Å². The lowest BCUT2D eigenvalue weighted by molar-refractivity contribution is -0.137. The number of carbonyl (C=O) groups is 1. The standard InChI is InChI=1S/C15H23N3O3/c1-11-12(2)21-14(16-11)9-17-4-6-18(7-5-17)15(19)13-3-8-20-10-13/h13H,3-10H2,1-2H3/t13-/m0/s1. The average Bonchev–Trinajstić information content (AvgIpc) is 3.10. The molecule has 6 heteroatoms. The lowest BCUT2D eigenvalue weighted by Crippen LogP contribution is -2.50. The molecule has 2 saturated heterocycles. The van der Waals surface area contributed by atoms with Gasteiger partial charge in [0, 0.05) is 32.8 Å². The highest BCUT2D eigenvalue weighted by atomic mass is 16.5. The van der Waals surface area contributed by atoms with E-state index in [-0.39, 0.29) is 11.8 Å². The summed E-state index contributed by atoms with van der Waals surface area (Å²) in [6.07, 6.45) is 0.869. The van der Waals surface area contributed by atoms with Gasteiger partial charge in [0.05, 0.1) is 24.8 Å². The largest absolute Gasteiger partial charge is 0.444 e. The molecule has 2 aliphatic rings. The molecule has 1 aromatic rings. The molecule has 1 aromatic heterocycles. The molecule has 0 spiro atoms. The Morgan fingerprint density at radius 2 is 2.05 bits per heavy atom. The first-order valence-corrected chi connectivity index (χ1v) is 7.65. The highest BCUT2D eigenvalue weighted by molar-refractivity contribution is 5.79. The van der Waals surface area contributed by atoms with Gasteiger partial charge in [-0.25, -0.2) is 4.98 Å². The summed E-state index contributed by atoms with van der Waals surface area (Å²) in [6.45, 7) is 9.26. The molecule has 3 rings (SSSR count). The van der Waals surface area contributed by atoms with E-state index in [1.807, 2.05) is 18.7 Å². The van der Waals surface area contributed by atoms with Gasteiger partial charge in [-0.15, -0.1) is 0 Å². The Hall–Kier alpha value is -1.40. The van der Waals surface area contributed by atoms with Gasteiger partial charge in [0.15, 0.2) is 0 Å². The number of rotatable bonds is 3. The fourth-order valence-corrected chi connectivity index (χ4v) is 2.91. The van der Waals surface area contributed by atoms with Gasteiger partial charge in [-0.2, -0.15) is 0 Å². The number of aryl methyl sites for hydroxylation is 2. The van der Waals surface area contributed by atoms with Gasteiger partial charge in [-0.3, -0.25) is 9.69 Å². The van der Waals surface area contributed by atoms with Crippen molar-refractivity contribution in [1.29, 1.82) is 0 Å². The number of ether oxygens (including phenoxy) is 1. The summed E-state index contributed by atoms with van der Waals surface area (Å²) >= 11 is 0. The number of nitrogens with zero attached hydrogens (tertiary/aromatic N) is 3. The van der Waals surface area contributed by atoms with Gasteiger partial charge in [-0.05, 0) is 20.3 Å². The zero-order chi connectivity index (χ0) is 14.8. The minimum absolute atomic E-state index is 0.0774. The second-order valence-electron chi connectivity index (χ2n) is 5.91. The number of hydrogen-bond donors (Lipinski definition) is 0. The summed E-state index contributed by atoms with van der Waals surface area (Å²) in [5, 5.41) is 0. The zero-order valence-electron chi connectivity index (χ0n) is 12.8. The van der Waals surface area contributed by atoms with Gasteiger partial charge in [0.2, 0.25) is 11.8 Å². The SMILES string of the molecule is Cc1nc(CN2CCN(C(=O)[C@H]3CCOC3)CC2)oc1C. The van der Waals surface area contributed by atoms with Crippen LogP contribution in [0.5, 0.6) is 0 Å². The molecule has 2 aliphatic heterocycles. The van der Waals surface area contributed by atoms with Crippen LogP contribution in [-0.4, -0.2) is 60.1 Å². The van der Waals surface area contributed by atoms with Crippen LogP contribution in [0.15, 0.2) is 4.42 Å². The van der Waals surface area contributed by atoms with E-state index in [1.165, 1.54) is 0 Å². The van der Waals surface area contributed by atoms with Crippen LogP contribution in [0.1, 0.15) is 23.8 Å². The zero-order valence-corrected chi connectivity index (χ0v) is 12.8. The summed E-state index contributed by atoms with van der Waals surface area (Å²) in [4.78, 5) is 21.0. The second-order valence-corrected chi connectivity index (χ2v) is 5.91. The number of amides is 1. The van der Waals surface area contributed by atoms with Crippen molar-refractivity contribution in [3.63, 3.8) is 0 Å². The summed E-state index contributed by atoms with van der Waals surface area (Å²) in [6, 6.07) is 0. The first-order chi connectivity index (χ1) is 10.1. The molecular weight excluding hydrogens is 270 g/mol. The molecule has 2 fully saturated rings. The van der Waals surface area contributed by atoms with Crippen LogP contribution >= 0.6 is 0 Å². The van der Waals surface area contributed by atoms with Crippen LogP contribution in [-0.2, 0) is 16.1 Å². The Balaban J connectivity index is 1.49. The number of aromatic nitrogens is 1. The second kappa shape index (κ2) is 6.15. The topological polar surface area (TPSA) is 58.8 Å². The number of oxazole rings is 1. The van der Waals surface area contributed by atoms with Crippen LogP contribution in [0.2, 0.25) is 0 Å². The minimum atomic E-state index is 0.0774. The van der Waals surface area contributed by atoms with Crippen molar-refractivity contribution in [2.45, 2.75) is 26.8 Å². The minimum Gasteiger partial charge on any atom is -0.444 e. The molecule has 116 valence electrons. The predicted octanol–water partition coefficient (Wildman–Crippen LogP) is 0.972. The van der Waals surface area contributed by atoms with E-state index in [0.717, 1.165) is 63.1 Å². The maximum absolute atomic E-state index is 12.3. The molecule has 1 amide bonds. The third-order valence-electron chi connectivity index (χ3n) is 4.39. The van der Waals surface area contributed by atoms with E-state index < -0.39 is 0 Å². The Morgan fingerprint density at radius 1 is 1.29 bits per heavy atom. The first-order valence-electron chi connectivity index (χ1n) is 7.65. The molecule has 0 N–H and O–H groups in total. The molecule has 0 unspecified atom stereocenters. The van der Waals surface area contributed by atoms with Crippen molar-refractivity contribution in [2.75, 3.05) is 39.4 Å². The van der Waals surface area contributed by atoms with Crippen LogP contribution in [0.3, 0.4) is 0 Å². The first kappa shape index (κ1) is 14.5. The molecule has 3 heterocycles. The lowest BCUT2D eigenvalue weighted by Gasteiger charge is -2.35. The summed E-state index contributed by atoms with van der Waals surface area (Å²) in [7, 11) is 0. The maximum Gasteiger partial charge on any atom is 0.228 e. The summed E-state index contributed by atoms with van der Waals surface area (Å²) in [5.74, 6) is 2.00. The van der Waals surface area contributed by atoms with E-state index in [0.29, 0.717) is 6.61 Å². The molecule has 1 atom stereocenters. The Bertz CT molecular complexity index is 481. The van der Waals surface area contributed by atoms with Crippen molar-refractivity contribution in [3.05, 3.63) is 17.3 Å². The van der Waals surface area contributed by atoms with E-state index in [9.17, 15) is 4.79 Å². The fraction of sp³-hybridized carbons (Fsp3) is 0.733. The number of hydrogen-bond acceptors (Lipinski definition) is 5. The van der Waals surface area contributed by atoms with Crippen LogP contribution in [0.4, 0.5) is 0 Å². The third-order valence-corrected chi connectivity index (χ3v) is 4.39. The molecular formula is C15H23N3O3. The van der Waals surface area contributed by atoms with Crippen LogP contribution in [0, 0.1) is 19.8 Å². The van der Waals surface area contributed by atoms with Gasteiger partial charge >= 0.3 is 0 Å². The Morgan fingerprint density at radius 3 is 2.62 bits per heavy atom.